The predicted octanol–water partition coefficient (Wildman–Crippen LogP) is 0.694. The van der Waals surface area contributed by atoms with Gasteiger partial charge in [-0.2, -0.15) is 0 Å². The molecule has 0 unspecified atom stereocenters. The quantitative estimate of drug-likeness (QED) is 0.481. The Balaban J connectivity index is 2.70. The molecule has 1 heterocycles. The average Bonchev–Trinajstić information content (AvgIpc) is 2.52. The molecule has 6 heteroatoms. The van der Waals surface area contributed by atoms with Gasteiger partial charge in [0.2, 0.25) is 0 Å². The Morgan fingerprint density at radius 2 is 2.58 bits per heavy atom. The van der Waals surface area contributed by atoms with E-state index in [-0.39, 0.29) is 5.69 Å². The largest absolute Gasteiger partial charge is 0.362 e. The van der Waals surface area contributed by atoms with Gasteiger partial charge >= 0.3 is 0 Å². The first-order valence-corrected chi connectivity index (χ1v) is 4.29. The highest BCUT2D eigenvalue weighted by molar-refractivity contribution is 7.13. The molecule has 0 spiro atoms. The highest BCUT2D eigenvalue weighted by atomic mass is 32.1. The summed E-state index contributed by atoms with van der Waals surface area (Å²) >= 11 is 1.32. The lowest BCUT2D eigenvalue weighted by molar-refractivity contribution is 0.0701. The topological polar surface area (TPSA) is 74.2 Å². The van der Waals surface area contributed by atoms with Crippen LogP contribution in [0.1, 0.15) is 17.4 Å². The summed E-state index contributed by atoms with van der Waals surface area (Å²) in [5.41, 5.74) is 1.73. The summed E-state index contributed by atoms with van der Waals surface area (Å²) in [6, 6.07) is 0. The van der Waals surface area contributed by atoms with Crippen molar-refractivity contribution in [1.29, 1.82) is 0 Å². The molecule has 3 N–H and O–H groups in total. The van der Waals surface area contributed by atoms with Crippen molar-refractivity contribution < 1.29 is 10.0 Å². The number of carbonyl (C=O) groups excluding carboxylic acids is 1. The van der Waals surface area contributed by atoms with Crippen LogP contribution in [0.3, 0.4) is 0 Å². The fraction of sp³-hybridized carbons (Fsp3) is 0.333. The van der Waals surface area contributed by atoms with Gasteiger partial charge in [0.25, 0.3) is 5.91 Å². The fourth-order valence-corrected chi connectivity index (χ4v) is 1.43. The number of rotatable bonds is 3. The van der Waals surface area contributed by atoms with Crippen LogP contribution >= 0.6 is 11.3 Å². The van der Waals surface area contributed by atoms with E-state index in [2.05, 4.69) is 10.3 Å². The van der Waals surface area contributed by atoms with Gasteiger partial charge in [-0.05, 0) is 6.92 Å². The molecule has 0 aliphatic heterocycles. The van der Waals surface area contributed by atoms with E-state index in [1.807, 2.05) is 6.92 Å². The Hall–Kier alpha value is -1.14. The highest BCUT2D eigenvalue weighted by Gasteiger charge is 2.08. The molecule has 66 valence electrons. The second-order valence-electron chi connectivity index (χ2n) is 2.01. The standard InChI is InChI=1S/C6H9N3O2S/c1-2-7-6-8-4(3-12-6)5(10)9-11/h3,11H,2H2,1H3,(H,7,8)(H,9,10). The number of amides is 1. The van der Waals surface area contributed by atoms with Gasteiger partial charge in [0.05, 0.1) is 0 Å². The van der Waals surface area contributed by atoms with Crippen molar-refractivity contribution in [2.75, 3.05) is 11.9 Å². The van der Waals surface area contributed by atoms with E-state index in [9.17, 15) is 4.79 Å². The summed E-state index contributed by atoms with van der Waals surface area (Å²) in [5, 5.41) is 13.5. The van der Waals surface area contributed by atoms with Crippen LogP contribution in [0.15, 0.2) is 5.38 Å². The first kappa shape index (κ1) is 8.95. The van der Waals surface area contributed by atoms with Crippen molar-refractivity contribution in [2.45, 2.75) is 6.92 Å². The number of hydroxylamine groups is 1. The van der Waals surface area contributed by atoms with Crippen molar-refractivity contribution in [3.8, 4) is 0 Å². The number of aromatic nitrogens is 1. The van der Waals surface area contributed by atoms with Crippen LogP contribution in [0.2, 0.25) is 0 Å². The molecule has 0 bridgehead atoms. The monoisotopic (exact) mass is 187 g/mol. The third kappa shape index (κ3) is 1.93. The number of hydrogen-bond donors (Lipinski definition) is 3. The second kappa shape index (κ2) is 4.03. The molecule has 0 aliphatic rings. The van der Waals surface area contributed by atoms with Crippen LogP contribution in [0.5, 0.6) is 0 Å². The van der Waals surface area contributed by atoms with E-state index in [1.54, 1.807) is 5.38 Å². The minimum absolute atomic E-state index is 0.221. The number of carbonyl (C=O) groups is 1. The van der Waals surface area contributed by atoms with E-state index in [0.717, 1.165) is 6.54 Å². The zero-order chi connectivity index (χ0) is 8.97. The first-order chi connectivity index (χ1) is 5.77. The molecule has 1 aromatic rings. The van der Waals surface area contributed by atoms with Crippen LogP contribution in [0.25, 0.3) is 0 Å². The molecule has 0 atom stereocenters. The maximum atomic E-state index is 10.8. The summed E-state index contributed by atoms with van der Waals surface area (Å²) in [5.74, 6) is -0.588. The molecule has 0 radical (unpaired) electrons. The van der Waals surface area contributed by atoms with Crippen LogP contribution in [0.4, 0.5) is 5.13 Å². The summed E-state index contributed by atoms with van der Waals surface area (Å²) in [7, 11) is 0. The Morgan fingerprint density at radius 1 is 1.83 bits per heavy atom. The summed E-state index contributed by atoms with van der Waals surface area (Å²) in [4.78, 5) is 14.7. The minimum atomic E-state index is -0.588. The number of anilines is 1. The van der Waals surface area contributed by atoms with Crippen LogP contribution in [-0.2, 0) is 0 Å². The average molecular weight is 187 g/mol. The molecule has 0 aromatic carbocycles. The summed E-state index contributed by atoms with van der Waals surface area (Å²) in [6.45, 7) is 2.70. The molecule has 1 rings (SSSR count). The smallest absolute Gasteiger partial charge is 0.294 e. The third-order valence-corrected chi connectivity index (χ3v) is 1.97. The van der Waals surface area contributed by atoms with E-state index >= 15 is 0 Å². The molecule has 0 saturated heterocycles. The second-order valence-corrected chi connectivity index (χ2v) is 2.87. The minimum Gasteiger partial charge on any atom is -0.362 e. The molecule has 1 amide bonds. The number of thiazole rings is 1. The highest BCUT2D eigenvalue weighted by Crippen LogP contribution is 2.14. The van der Waals surface area contributed by atoms with Gasteiger partial charge in [-0.15, -0.1) is 11.3 Å². The lowest BCUT2D eigenvalue weighted by atomic mass is 10.5. The van der Waals surface area contributed by atoms with E-state index in [1.165, 1.54) is 16.8 Å². The molecule has 0 fully saturated rings. The van der Waals surface area contributed by atoms with Crippen molar-refractivity contribution >= 4 is 22.4 Å². The Bertz CT molecular complexity index is 274. The zero-order valence-electron chi connectivity index (χ0n) is 6.50. The van der Waals surface area contributed by atoms with Crippen LogP contribution in [0, 0.1) is 0 Å². The van der Waals surface area contributed by atoms with Gasteiger partial charge < -0.3 is 5.32 Å². The van der Waals surface area contributed by atoms with E-state index in [0.29, 0.717) is 5.13 Å². The molecule has 5 nitrogen and oxygen atoms in total. The van der Waals surface area contributed by atoms with Gasteiger partial charge in [0, 0.05) is 11.9 Å². The molecular weight excluding hydrogens is 178 g/mol. The van der Waals surface area contributed by atoms with Gasteiger partial charge in [0.1, 0.15) is 5.69 Å². The molecule has 12 heavy (non-hydrogen) atoms. The lowest BCUT2D eigenvalue weighted by Crippen LogP contribution is -2.18. The molecule has 0 saturated carbocycles. The van der Waals surface area contributed by atoms with Gasteiger partial charge in [-0.1, -0.05) is 0 Å². The third-order valence-electron chi connectivity index (χ3n) is 1.17. The Kier molecular flexibility index (Phi) is 3.01. The lowest BCUT2D eigenvalue weighted by Gasteiger charge is -1.94. The summed E-state index contributed by atoms with van der Waals surface area (Å²) in [6.07, 6.45) is 0. The van der Waals surface area contributed by atoms with E-state index < -0.39 is 5.91 Å². The predicted molar refractivity (Wildman–Crippen MR) is 45.5 cm³/mol. The van der Waals surface area contributed by atoms with Crippen LogP contribution in [-0.4, -0.2) is 22.6 Å². The number of hydrogen-bond acceptors (Lipinski definition) is 5. The van der Waals surface area contributed by atoms with Crippen molar-refractivity contribution in [3.63, 3.8) is 0 Å². The molecule has 1 aromatic heterocycles. The van der Waals surface area contributed by atoms with Crippen molar-refractivity contribution in [3.05, 3.63) is 11.1 Å². The van der Waals surface area contributed by atoms with Crippen molar-refractivity contribution in [2.24, 2.45) is 0 Å². The SMILES string of the molecule is CCNc1nc(C(=O)NO)cs1. The van der Waals surface area contributed by atoms with Gasteiger partial charge in [-0.25, -0.2) is 10.5 Å². The van der Waals surface area contributed by atoms with Crippen LogP contribution < -0.4 is 10.8 Å². The maximum absolute atomic E-state index is 10.8. The fourth-order valence-electron chi connectivity index (χ4n) is 0.668. The molecular formula is C6H9N3O2S. The summed E-state index contributed by atoms with van der Waals surface area (Å²) < 4.78 is 0. The van der Waals surface area contributed by atoms with Gasteiger partial charge in [0.15, 0.2) is 5.13 Å². The normalized spacial score (nSPS) is 9.50. The first-order valence-electron chi connectivity index (χ1n) is 3.41. The van der Waals surface area contributed by atoms with Gasteiger partial charge in [-0.3, -0.25) is 10.0 Å². The molecule has 0 aliphatic carbocycles. The van der Waals surface area contributed by atoms with E-state index in [4.69, 9.17) is 5.21 Å². The van der Waals surface area contributed by atoms with Crippen molar-refractivity contribution in [1.82, 2.24) is 10.5 Å². The zero-order valence-corrected chi connectivity index (χ0v) is 7.31. The number of nitrogens with one attached hydrogen (secondary N) is 2. The maximum Gasteiger partial charge on any atom is 0.294 e. The Labute approximate surface area is 73.4 Å². The Morgan fingerprint density at radius 3 is 3.17 bits per heavy atom. The number of nitrogens with zero attached hydrogens (tertiary/aromatic N) is 1.